The maximum absolute atomic E-state index is 12.9. The normalized spacial score (nSPS) is 18.1. The van der Waals surface area contributed by atoms with E-state index < -0.39 is 54.1 Å². The molecular formula is C29H50N8O11. The minimum Gasteiger partial charge on any atom is -0.481 e. The van der Waals surface area contributed by atoms with Crippen molar-refractivity contribution in [2.45, 2.75) is 31.7 Å². The van der Waals surface area contributed by atoms with Crippen molar-refractivity contribution in [1.82, 2.24) is 35.6 Å². The Morgan fingerprint density at radius 3 is 1.77 bits per heavy atom. The number of carbonyl (C=O) groups is 7. The molecule has 0 aromatic rings. The summed E-state index contributed by atoms with van der Waals surface area (Å²) < 4.78 is 4.93. The lowest BCUT2D eigenvalue weighted by Gasteiger charge is -2.35. The van der Waals surface area contributed by atoms with Gasteiger partial charge in [0.05, 0.1) is 32.8 Å². The number of nitrogens with zero attached hydrogens (tertiary/aromatic N) is 4. The fourth-order valence-electron chi connectivity index (χ4n) is 5.53. The number of piperidine rings is 1. The van der Waals surface area contributed by atoms with Crippen molar-refractivity contribution in [3.05, 3.63) is 0 Å². The van der Waals surface area contributed by atoms with Crippen LogP contribution in [0.15, 0.2) is 0 Å². The first kappa shape index (κ1) is 40.3. The molecule has 0 aromatic carbocycles. The van der Waals surface area contributed by atoms with E-state index >= 15 is 0 Å². The van der Waals surface area contributed by atoms with Crippen LogP contribution < -0.4 is 21.7 Å². The second kappa shape index (κ2) is 21.9. The molecule has 0 aromatic heterocycles. The van der Waals surface area contributed by atoms with Crippen LogP contribution in [-0.4, -0.2) is 187 Å². The number of hydrogen-bond acceptors (Lipinski definition) is 12. The number of carboxylic acids is 3. The lowest BCUT2D eigenvalue weighted by Crippen LogP contribution is -2.52. The lowest BCUT2D eigenvalue weighted by molar-refractivity contribution is -0.140. The first-order chi connectivity index (χ1) is 22.8. The Bertz CT molecular complexity index is 1080. The van der Waals surface area contributed by atoms with Crippen molar-refractivity contribution in [1.29, 1.82) is 0 Å². The molecule has 1 unspecified atom stereocenters. The third-order valence-electron chi connectivity index (χ3n) is 8.04. The van der Waals surface area contributed by atoms with Gasteiger partial charge >= 0.3 is 17.9 Å². The number of hydrogen-bond donors (Lipinski definition) is 7. The molecule has 19 nitrogen and oxygen atoms in total. The number of primary amides is 1. The van der Waals surface area contributed by atoms with Gasteiger partial charge in [-0.15, -0.1) is 0 Å². The van der Waals surface area contributed by atoms with Gasteiger partial charge in [0.2, 0.25) is 23.6 Å². The number of carboxylic acid groups (broad SMARTS) is 3. The molecule has 4 amide bonds. The molecule has 0 radical (unpaired) electrons. The van der Waals surface area contributed by atoms with Gasteiger partial charge in [-0.2, -0.15) is 0 Å². The average Bonchev–Trinajstić information content (AvgIpc) is 3.09. The summed E-state index contributed by atoms with van der Waals surface area (Å²) in [5.41, 5.74) is 4.95. The van der Waals surface area contributed by atoms with E-state index in [9.17, 15) is 43.8 Å². The molecule has 0 aliphatic carbocycles. The minimum absolute atomic E-state index is 0.00731. The molecule has 2 fully saturated rings. The van der Waals surface area contributed by atoms with E-state index in [1.807, 2.05) is 14.7 Å². The van der Waals surface area contributed by atoms with E-state index in [1.165, 1.54) is 0 Å². The number of likely N-dealkylation sites (tertiary alicyclic amines) is 1. The standard InChI is InChI=1S/C29H50N8O11/c30-23(38)20-48-14-5-31-24(39)15-32-29(47)22(1-2-26(41)42)33-25(40)17-34-6-3-21(4-7-34)16-35-8-10-36(18-27(43)44)12-13-37(11-9-35)19-28(45)46/h21-22H,1-20H2,(H2,30,38)(H,31,39)(H,32,47)(H,33,40)(H,41,42)(H,43,44)(H,45,46). The van der Waals surface area contributed by atoms with Crippen molar-refractivity contribution in [3.8, 4) is 0 Å². The molecule has 8 N–H and O–H groups in total. The highest BCUT2D eigenvalue weighted by atomic mass is 16.5. The predicted octanol–water partition coefficient (Wildman–Crippen LogP) is -4.13. The van der Waals surface area contributed by atoms with Crippen molar-refractivity contribution in [2.75, 3.05) is 105 Å². The molecule has 2 saturated heterocycles. The average molecular weight is 687 g/mol. The second-order valence-corrected chi connectivity index (χ2v) is 12.0. The number of nitrogens with two attached hydrogens (primary N) is 1. The van der Waals surface area contributed by atoms with E-state index in [-0.39, 0.29) is 52.2 Å². The van der Waals surface area contributed by atoms with E-state index in [0.29, 0.717) is 58.3 Å². The Balaban J connectivity index is 1.82. The molecule has 2 aliphatic heterocycles. The minimum atomic E-state index is -1.16. The molecule has 2 aliphatic rings. The third-order valence-corrected chi connectivity index (χ3v) is 8.04. The zero-order valence-corrected chi connectivity index (χ0v) is 27.3. The zero-order chi connectivity index (χ0) is 35.5. The molecule has 2 rings (SSSR count). The number of amides is 4. The van der Waals surface area contributed by atoms with Crippen LogP contribution in [0.25, 0.3) is 0 Å². The number of ether oxygens (including phenoxy) is 1. The Morgan fingerprint density at radius 1 is 0.708 bits per heavy atom. The Kier molecular flexibility index (Phi) is 18.3. The molecule has 0 saturated carbocycles. The van der Waals surface area contributed by atoms with Crippen molar-refractivity contribution >= 4 is 41.5 Å². The summed E-state index contributed by atoms with van der Waals surface area (Å²) in [5.74, 6) is -5.02. The van der Waals surface area contributed by atoms with Crippen molar-refractivity contribution < 1.29 is 53.6 Å². The summed E-state index contributed by atoms with van der Waals surface area (Å²) in [4.78, 5) is 89.9. The fourth-order valence-corrected chi connectivity index (χ4v) is 5.53. The van der Waals surface area contributed by atoms with Crippen molar-refractivity contribution in [3.63, 3.8) is 0 Å². The first-order valence-corrected chi connectivity index (χ1v) is 16.0. The lowest BCUT2D eigenvalue weighted by atomic mass is 9.96. The van der Waals surface area contributed by atoms with Gasteiger partial charge in [-0.25, -0.2) is 0 Å². The zero-order valence-electron chi connectivity index (χ0n) is 27.3. The molecule has 0 spiro atoms. The molecule has 19 heteroatoms. The van der Waals surface area contributed by atoms with Gasteiger partial charge < -0.3 is 46.6 Å². The largest absolute Gasteiger partial charge is 0.481 e. The van der Waals surface area contributed by atoms with Crippen molar-refractivity contribution in [2.24, 2.45) is 11.7 Å². The van der Waals surface area contributed by atoms with Crippen LogP contribution in [0.2, 0.25) is 0 Å². The van der Waals surface area contributed by atoms with E-state index in [4.69, 9.17) is 15.6 Å². The maximum Gasteiger partial charge on any atom is 0.317 e. The number of carbonyl (C=O) groups excluding carboxylic acids is 4. The Hall–Kier alpha value is -3.91. The summed E-state index contributed by atoms with van der Waals surface area (Å²) in [5, 5.41) is 35.1. The fraction of sp³-hybridized carbons (Fsp3) is 0.759. The highest BCUT2D eigenvalue weighted by molar-refractivity contribution is 5.91. The number of rotatable bonds is 20. The van der Waals surface area contributed by atoms with Crippen LogP contribution in [0.4, 0.5) is 0 Å². The summed E-state index contributed by atoms with van der Waals surface area (Å²) in [6, 6.07) is -1.16. The maximum atomic E-state index is 12.9. The summed E-state index contributed by atoms with van der Waals surface area (Å²) >= 11 is 0. The second-order valence-electron chi connectivity index (χ2n) is 12.0. The van der Waals surface area contributed by atoms with Gasteiger partial charge in [-0.3, -0.25) is 48.3 Å². The van der Waals surface area contributed by atoms with E-state index in [2.05, 4.69) is 20.9 Å². The van der Waals surface area contributed by atoms with Gasteiger partial charge in [0, 0.05) is 58.8 Å². The van der Waals surface area contributed by atoms with Crippen LogP contribution in [0.3, 0.4) is 0 Å². The van der Waals surface area contributed by atoms with Gasteiger partial charge in [0.25, 0.3) is 0 Å². The van der Waals surface area contributed by atoms with Crippen LogP contribution in [0, 0.1) is 5.92 Å². The van der Waals surface area contributed by atoms with Crippen LogP contribution >= 0.6 is 0 Å². The van der Waals surface area contributed by atoms with E-state index in [1.54, 1.807) is 0 Å². The van der Waals surface area contributed by atoms with Crippen LogP contribution in [-0.2, 0) is 38.3 Å². The summed E-state index contributed by atoms with van der Waals surface area (Å²) in [6.07, 6.45) is 1.06. The van der Waals surface area contributed by atoms with Gasteiger partial charge in [0.1, 0.15) is 12.6 Å². The summed E-state index contributed by atoms with van der Waals surface area (Å²) in [6.45, 7) is 4.57. The van der Waals surface area contributed by atoms with Gasteiger partial charge in [-0.05, 0) is 38.3 Å². The van der Waals surface area contributed by atoms with Gasteiger partial charge in [-0.1, -0.05) is 0 Å². The van der Waals surface area contributed by atoms with Crippen LogP contribution in [0.5, 0.6) is 0 Å². The monoisotopic (exact) mass is 686 g/mol. The molecule has 272 valence electrons. The predicted molar refractivity (Wildman–Crippen MR) is 169 cm³/mol. The Labute approximate surface area is 279 Å². The quantitative estimate of drug-likeness (QED) is 0.0600. The number of aliphatic carboxylic acids is 3. The highest BCUT2D eigenvalue weighted by Crippen LogP contribution is 2.19. The topological polar surface area (TPSA) is 264 Å². The smallest absolute Gasteiger partial charge is 0.317 e. The summed E-state index contributed by atoms with van der Waals surface area (Å²) in [7, 11) is 0. The van der Waals surface area contributed by atoms with E-state index in [0.717, 1.165) is 19.4 Å². The molecule has 1 atom stereocenters. The first-order valence-electron chi connectivity index (χ1n) is 16.0. The molecule has 48 heavy (non-hydrogen) atoms. The number of nitrogens with one attached hydrogen (secondary N) is 3. The highest BCUT2D eigenvalue weighted by Gasteiger charge is 2.27. The molecule has 2 heterocycles. The Morgan fingerprint density at radius 2 is 1.25 bits per heavy atom. The van der Waals surface area contributed by atoms with Gasteiger partial charge in [0.15, 0.2) is 0 Å². The molecular weight excluding hydrogens is 636 g/mol. The molecule has 0 bridgehead atoms. The SMILES string of the molecule is NC(=O)COCCNC(=O)CNC(=O)C(CCC(=O)O)NC(=O)CN1CCC(CN2CCN(CC(=O)O)CCN(CC(=O)O)CC2)CC1. The third kappa shape index (κ3) is 17.9. The van der Waals surface area contributed by atoms with Crippen LogP contribution in [0.1, 0.15) is 25.7 Å².